The van der Waals surface area contributed by atoms with Crippen LogP contribution in [0.15, 0.2) is 20.8 Å². The van der Waals surface area contributed by atoms with Gasteiger partial charge in [0.2, 0.25) is 0 Å². The van der Waals surface area contributed by atoms with Crippen molar-refractivity contribution < 1.29 is 14.6 Å². The summed E-state index contributed by atoms with van der Waals surface area (Å²) in [6, 6.07) is -0.998. The minimum atomic E-state index is -1.47. The first-order chi connectivity index (χ1) is 9.49. The number of aliphatic hydroxyl groups is 2. The molecule has 0 bridgehead atoms. The standard InChI is InChI=1S/C12H14BrFN2O4/c13-2-1-6-4-16(12(20)15-11(6)19)10-7(5-17)9(18)3-8(10)14/h1-2,4,7-10,17-18H,3,5H2,(H,15,19,20). The van der Waals surface area contributed by atoms with Gasteiger partial charge in [-0.1, -0.05) is 15.9 Å². The van der Waals surface area contributed by atoms with Crippen LogP contribution in [0.2, 0.25) is 0 Å². The third kappa shape index (κ3) is 2.63. The van der Waals surface area contributed by atoms with E-state index in [0.717, 1.165) is 4.57 Å². The van der Waals surface area contributed by atoms with E-state index in [1.165, 1.54) is 17.3 Å². The molecule has 1 aromatic rings. The van der Waals surface area contributed by atoms with Gasteiger partial charge in [-0.15, -0.1) is 0 Å². The van der Waals surface area contributed by atoms with Crippen molar-refractivity contribution in [3.8, 4) is 0 Å². The summed E-state index contributed by atoms with van der Waals surface area (Å²) in [5.74, 6) is -0.783. The van der Waals surface area contributed by atoms with E-state index in [-0.39, 0.29) is 12.0 Å². The third-order valence-corrected chi connectivity index (χ3v) is 3.80. The number of halogens is 2. The summed E-state index contributed by atoms with van der Waals surface area (Å²) in [5, 5.41) is 19.0. The molecule has 1 heterocycles. The second-order valence-electron chi connectivity index (χ2n) is 4.70. The molecule has 1 saturated carbocycles. The first kappa shape index (κ1) is 15.1. The van der Waals surface area contributed by atoms with Crippen molar-refractivity contribution in [1.29, 1.82) is 0 Å². The van der Waals surface area contributed by atoms with Crippen molar-refractivity contribution in [1.82, 2.24) is 9.55 Å². The van der Waals surface area contributed by atoms with E-state index in [4.69, 9.17) is 0 Å². The Kier molecular flexibility index (Phi) is 4.56. The molecular weight excluding hydrogens is 335 g/mol. The number of aliphatic hydroxyl groups excluding tert-OH is 2. The molecule has 0 aromatic carbocycles. The highest BCUT2D eigenvalue weighted by atomic mass is 79.9. The van der Waals surface area contributed by atoms with Crippen LogP contribution in [-0.4, -0.2) is 38.6 Å². The topological polar surface area (TPSA) is 95.3 Å². The van der Waals surface area contributed by atoms with Crippen molar-refractivity contribution in [3.05, 3.63) is 37.6 Å². The SMILES string of the molecule is O=c1[nH]c(=O)n(C2C(F)CC(O)C2CO)cc1C=CBr. The van der Waals surface area contributed by atoms with Gasteiger partial charge in [-0.05, 0) is 11.1 Å². The van der Waals surface area contributed by atoms with Crippen LogP contribution in [0.5, 0.6) is 0 Å². The van der Waals surface area contributed by atoms with Gasteiger partial charge in [0, 0.05) is 18.5 Å². The lowest BCUT2D eigenvalue weighted by Gasteiger charge is -2.22. The predicted molar refractivity (Wildman–Crippen MR) is 74.4 cm³/mol. The van der Waals surface area contributed by atoms with Crippen LogP contribution in [0.4, 0.5) is 4.39 Å². The Morgan fingerprint density at radius 2 is 2.25 bits per heavy atom. The van der Waals surface area contributed by atoms with Crippen LogP contribution in [0.3, 0.4) is 0 Å². The van der Waals surface area contributed by atoms with Crippen LogP contribution < -0.4 is 11.2 Å². The Balaban J connectivity index is 2.54. The lowest BCUT2D eigenvalue weighted by atomic mass is 10.0. The van der Waals surface area contributed by atoms with Crippen LogP contribution in [0.25, 0.3) is 6.08 Å². The fourth-order valence-electron chi connectivity index (χ4n) is 2.56. The highest BCUT2D eigenvalue weighted by Crippen LogP contribution is 2.37. The van der Waals surface area contributed by atoms with Crippen LogP contribution >= 0.6 is 15.9 Å². The monoisotopic (exact) mass is 348 g/mol. The summed E-state index contributed by atoms with van der Waals surface area (Å²) < 4.78 is 15.0. The number of aromatic nitrogens is 2. The Morgan fingerprint density at radius 1 is 1.55 bits per heavy atom. The smallest absolute Gasteiger partial charge is 0.328 e. The molecule has 1 aliphatic rings. The summed E-state index contributed by atoms with van der Waals surface area (Å²) >= 11 is 3.02. The number of H-pyrrole nitrogens is 1. The molecule has 0 aliphatic heterocycles. The molecule has 6 nitrogen and oxygen atoms in total. The van der Waals surface area contributed by atoms with Gasteiger partial charge < -0.3 is 10.2 Å². The number of hydrogen-bond acceptors (Lipinski definition) is 4. The summed E-state index contributed by atoms with van der Waals surface area (Å²) in [4.78, 5) is 26.9. The summed E-state index contributed by atoms with van der Waals surface area (Å²) in [7, 11) is 0. The number of aromatic amines is 1. The minimum absolute atomic E-state index is 0.148. The first-order valence-electron chi connectivity index (χ1n) is 6.04. The minimum Gasteiger partial charge on any atom is -0.396 e. The van der Waals surface area contributed by atoms with Gasteiger partial charge >= 0.3 is 5.69 Å². The highest BCUT2D eigenvalue weighted by Gasteiger charge is 2.44. The van der Waals surface area contributed by atoms with Gasteiger partial charge in [0.25, 0.3) is 5.56 Å². The average molecular weight is 349 g/mol. The quantitative estimate of drug-likeness (QED) is 0.724. The van der Waals surface area contributed by atoms with E-state index in [0.29, 0.717) is 0 Å². The number of hydrogen-bond donors (Lipinski definition) is 3. The summed E-state index contributed by atoms with van der Waals surface area (Å²) in [6.07, 6.45) is 0.0177. The van der Waals surface area contributed by atoms with Crippen LogP contribution in [0, 0.1) is 5.92 Å². The van der Waals surface area contributed by atoms with Crippen molar-refractivity contribution in [2.45, 2.75) is 24.7 Å². The summed E-state index contributed by atoms with van der Waals surface area (Å²) in [6.45, 7) is -0.443. The molecule has 0 saturated heterocycles. The van der Waals surface area contributed by atoms with Crippen LogP contribution in [-0.2, 0) is 0 Å². The predicted octanol–water partition coefficient (Wildman–Crippen LogP) is 0.155. The lowest BCUT2D eigenvalue weighted by Crippen LogP contribution is -2.38. The van der Waals surface area contributed by atoms with E-state index in [1.54, 1.807) is 0 Å². The second kappa shape index (κ2) is 6.02. The van der Waals surface area contributed by atoms with E-state index in [9.17, 15) is 24.2 Å². The molecule has 4 unspecified atom stereocenters. The largest absolute Gasteiger partial charge is 0.396 e. The maximum atomic E-state index is 14.0. The molecule has 0 radical (unpaired) electrons. The molecule has 8 heteroatoms. The van der Waals surface area contributed by atoms with Gasteiger partial charge in [-0.3, -0.25) is 14.3 Å². The zero-order valence-corrected chi connectivity index (χ0v) is 12.0. The van der Waals surface area contributed by atoms with E-state index < -0.39 is 42.1 Å². The van der Waals surface area contributed by atoms with E-state index >= 15 is 0 Å². The fourth-order valence-corrected chi connectivity index (χ4v) is 2.84. The number of nitrogens with zero attached hydrogens (tertiary/aromatic N) is 1. The molecule has 0 spiro atoms. The Bertz CT molecular complexity index is 627. The van der Waals surface area contributed by atoms with Gasteiger partial charge in [0.15, 0.2) is 0 Å². The normalized spacial score (nSPS) is 30.2. The van der Waals surface area contributed by atoms with Gasteiger partial charge in [0.1, 0.15) is 6.17 Å². The van der Waals surface area contributed by atoms with Crippen molar-refractivity contribution in [2.75, 3.05) is 6.61 Å². The van der Waals surface area contributed by atoms with Gasteiger partial charge in [-0.2, -0.15) is 0 Å². The number of alkyl halides is 1. The van der Waals surface area contributed by atoms with E-state index in [1.807, 2.05) is 0 Å². The van der Waals surface area contributed by atoms with Crippen molar-refractivity contribution >= 4 is 22.0 Å². The molecule has 20 heavy (non-hydrogen) atoms. The average Bonchev–Trinajstić information content (AvgIpc) is 2.67. The van der Waals surface area contributed by atoms with E-state index in [2.05, 4.69) is 20.9 Å². The molecule has 110 valence electrons. The Labute approximate surface area is 121 Å². The maximum Gasteiger partial charge on any atom is 0.328 e. The second-order valence-corrected chi connectivity index (χ2v) is 5.23. The van der Waals surface area contributed by atoms with Crippen LogP contribution in [0.1, 0.15) is 18.0 Å². The Hall–Kier alpha value is -1.25. The highest BCUT2D eigenvalue weighted by molar-refractivity contribution is 9.11. The van der Waals surface area contributed by atoms with Gasteiger partial charge in [0.05, 0.1) is 24.3 Å². The fraction of sp³-hybridized carbons (Fsp3) is 0.500. The molecule has 0 amide bonds. The molecule has 1 aromatic heterocycles. The molecule has 4 atom stereocenters. The van der Waals surface area contributed by atoms with Crippen molar-refractivity contribution in [3.63, 3.8) is 0 Å². The number of rotatable bonds is 3. The third-order valence-electron chi connectivity index (χ3n) is 3.54. The maximum absolute atomic E-state index is 14.0. The number of nitrogens with one attached hydrogen (secondary N) is 1. The molecule has 1 fully saturated rings. The zero-order chi connectivity index (χ0) is 14.9. The molecule has 2 rings (SSSR count). The Morgan fingerprint density at radius 3 is 2.85 bits per heavy atom. The zero-order valence-electron chi connectivity index (χ0n) is 10.4. The molecular formula is C12H14BrFN2O4. The molecule has 3 N–H and O–H groups in total. The molecule has 1 aliphatic carbocycles. The lowest BCUT2D eigenvalue weighted by molar-refractivity contribution is 0.0722. The van der Waals surface area contributed by atoms with Crippen molar-refractivity contribution in [2.24, 2.45) is 5.92 Å². The first-order valence-corrected chi connectivity index (χ1v) is 6.96. The van der Waals surface area contributed by atoms with Gasteiger partial charge in [-0.25, -0.2) is 9.18 Å². The summed E-state index contributed by atoms with van der Waals surface area (Å²) in [5.41, 5.74) is -1.18.